The van der Waals surface area contributed by atoms with Gasteiger partial charge in [0.1, 0.15) is 17.7 Å². The van der Waals surface area contributed by atoms with Gasteiger partial charge in [-0.3, -0.25) is 39.1 Å². The van der Waals surface area contributed by atoms with Crippen LogP contribution in [0.25, 0.3) is 10.9 Å². The van der Waals surface area contributed by atoms with Crippen LogP contribution >= 0.6 is 0 Å². The first-order valence-electron chi connectivity index (χ1n) is 19.5. The fourth-order valence-electron chi connectivity index (χ4n) is 9.47. The molecule has 14 nitrogen and oxygen atoms in total. The Balaban J connectivity index is 0.774. The molecular formula is C41H45N9O5. The molecule has 3 aromatic heterocycles. The van der Waals surface area contributed by atoms with E-state index >= 15 is 0 Å². The Hall–Kier alpha value is -5.63. The molecule has 3 N–H and O–H groups in total. The van der Waals surface area contributed by atoms with Crippen LogP contribution in [0.4, 0.5) is 17.3 Å². The van der Waals surface area contributed by atoms with Gasteiger partial charge in [0.25, 0.3) is 17.7 Å². The van der Waals surface area contributed by atoms with Crippen molar-refractivity contribution in [3.8, 4) is 0 Å². The van der Waals surface area contributed by atoms with Gasteiger partial charge in [-0.25, -0.2) is 9.97 Å². The minimum absolute atomic E-state index is 0.0927. The third kappa shape index (κ3) is 6.51. The first kappa shape index (κ1) is 35.1. The second-order valence-electron chi connectivity index (χ2n) is 15.7. The smallest absolute Gasteiger partial charge is 0.264 e. The molecule has 0 aliphatic carbocycles. The molecule has 4 aromatic rings. The van der Waals surface area contributed by atoms with Crippen molar-refractivity contribution in [2.24, 2.45) is 11.8 Å². The summed E-state index contributed by atoms with van der Waals surface area (Å²) >= 11 is 0. The van der Waals surface area contributed by atoms with Crippen LogP contribution in [0.1, 0.15) is 94.2 Å². The van der Waals surface area contributed by atoms with Gasteiger partial charge in [-0.2, -0.15) is 0 Å². The lowest BCUT2D eigenvalue weighted by molar-refractivity contribution is -0.136. The number of H-pyrrole nitrogens is 1. The first-order valence-corrected chi connectivity index (χ1v) is 19.5. The zero-order chi connectivity index (χ0) is 37.8. The van der Waals surface area contributed by atoms with Crippen LogP contribution in [-0.4, -0.2) is 100 Å². The summed E-state index contributed by atoms with van der Waals surface area (Å²) in [5.74, 6) is 0.316. The number of aromatic amines is 1. The predicted molar refractivity (Wildman–Crippen MR) is 206 cm³/mol. The van der Waals surface area contributed by atoms with E-state index in [-0.39, 0.29) is 24.7 Å². The third-order valence-electron chi connectivity index (χ3n) is 12.5. The number of anilines is 3. The molecule has 4 fully saturated rings. The third-order valence-corrected chi connectivity index (χ3v) is 12.5. The van der Waals surface area contributed by atoms with Crippen molar-refractivity contribution in [3.63, 3.8) is 0 Å². The standard InChI is InChI=1S/C41H45N9O5/c1-47-15-3-6-31(47)30-20-27-23-42-34(21-29(27)44-30)45-38(52)26-7-9-35(43-22-26)49-18-13-25(14-19-49)24-11-16-48(17-12-24)32-5-2-4-28-37(32)41(55)50(40(28)54)33-8-10-36(51)46-39(33)53/h2,4-5,7,9,20-25,31,33,44H,3,6,8,10-19H2,1H3,(H,42,45,52)(H,46,51,53)/t31-,33?/m1/s1. The zero-order valence-corrected chi connectivity index (χ0v) is 30.9. The minimum atomic E-state index is -0.978. The highest BCUT2D eigenvalue weighted by atomic mass is 16.2. The summed E-state index contributed by atoms with van der Waals surface area (Å²) in [6, 6.07) is 12.5. The molecule has 0 spiro atoms. The van der Waals surface area contributed by atoms with Crippen LogP contribution in [0, 0.1) is 11.8 Å². The van der Waals surface area contributed by atoms with E-state index in [2.05, 4.69) is 53.4 Å². The number of hydrogen-bond donors (Lipinski definition) is 3. The number of pyridine rings is 2. The van der Waals surface area contributed by atoms with E-state index in [4.69, 9.17) is 0 Å². The van der Waals surface area contributed by atoms with Crippen molar-refractivity contribution in [1.82, 2.24) is 30.1 Å². The SMILES string of the molecule is CN1CCC[C@@H]1c1cc2cnc(NC(=O)c3ccc(N4CCC(C5CCN(c6cccc7c6C(=O)N(C6CCC(=O)NC6=O)C7=O)CC5)CC4)nc3)cc2[nH]1. The topological polar surface area (TPSA) is 164 Å². The van der Waals surface area contributed by atoms with Crippen LogP contribution in [0.15, 0.2) is 54.9 Å². The van der Waals surface area contributed by atoms with E-state index in [0.717, 1.165) is 92.1 Å². The lowest BCUT2D eigenvalue weighted by Gasteiger charge is -2.41. The van der Waals surface area contributed by atoms with E-state index in [1.807, 2.05) is 24.3 Å². The van der Waals surface area contributed by atoms with Crippen LogP contribution in [0.5, 0.6) is 0 Å². The molecule has 4 saturated heterocycles. The van der Waals surface area contributed by atoms with Gasteiger partial charge in [0.2, 0.25) is 11.8 Å². The van der Waals surface area contributed by atoms with Gasteiger partial charge in [0.15, 0.2) is 0 Å². The molecule has 1 unspecified atom stereocenters. The Kier molecular flexibility index (Phi) is 9.07. The molecule has 5 aliphatic heterocycles. The van der Waals surface area contributed by atoms with Gasteiger partial charge in [-0.05, 0) is 101 Å². The number of imide groups is 2. The normalized spacial score (nSPS) is 22.8. The monoisotopic (exact) mass is 743 g/mol. The molecule has 2 atom stereocenters. The fourth-order valence-corrected chi connectivity index (χ4v) is 9.47. The number of amides is 5. The summed E-state index contributed by atoms with van der Waals surface area (Å²) in [4.78, 5) is 84.9. The molecule has 5 aliphatic rings. The summed E-state index contributed by atoms with van der Waals surface area (Å²) in [6.45, 7) is 4.43. The molecule has 284 valence electrons. The summed E-state index contributed by atoms with van der Waals surface area (Å²) in [5.41, 5.74) is 4.03. The molecule has 1 aromatic carbocycles. The molecule has 5 amide bonds. The number of aromatic nitrogens is 3. The second-order valence-corrected chi connectivity index (χ2v) is 15.7. The van der Waals surface area contributed by atoms with Crippen molar-refractivity contribution in [2.75, 3.05) is 54.9 Å². The van der Waals surface area contributed by atoms with E-state index in [1.165, 1.54) is 12.1 Å². The van der Waals surface area contributed by atoms with Crippen LogP contribution in [-0.2, 0) is 9.59 Å². The highest BCUT2D eigenvalue weighted by Crippen LogP contribution is 2.39. The van der Waals surface area contributed by atoms with Crippen LogP contribution in [0.3, 0.4) is 0 Å². The molecule has 0 radical (unpaired) electrons. The Morgan fingerprint density at radius 2 is 1.56 bits per heavy atom. The van der Waals surface area contributed by atoms with E-state index in [9.17, 15) is 24.0 Å². The Bertz CT molecular complexity index is 2190. The maximum absolute atomic E-state index is 13.6. The first-order chi connectivity index (χ1) is 26.7. The van der Waals surface area contributed by atoms with Crippen molar-refractivity contribution >= 4 is 57.8 Å². The van der Waals surface area contributed by atoms with E-state index < -0.39 is 23.8 Å². The fraction of sp³-hybridized carbons (Fsp3) is 0.439. The predicted octanol–water partition coefficient (Wildman–Crippen LogP) is 4.51. The zero-order valence-electron chi connectivity index (χ0n) is 30.9. The average Bonchev–Trinajstić information content (AvgIpc) is 3.90. The maximum atomic E-state index is 13.6. The molecule has 0 bridgehead atoms. The maximum Gasteiger partial charge on any atom is 0.264 e. The molecule has 0 saturated carbocycles. The van der Waals surface area contributed by atoms with Crippen molar-refractivity contribution < 1.29 is 24.0 Å². The Labute approximate surface area is 318 Å². The van der Waals surface area contributed by atoms with Crippen LogP contribution < -0.4 is 20.4 Å². The number of carbonyl (C=O) groups is 5. The summed E-state index contributed by atoms with van der Waals surface area (Å²) < 4.78 is 0. The molecular weight excluding hydrogens is 699 g/mol. The second kappa shape index (κ2) is 14.2. The number of piperidine rings is 3. The number of nitrogens with zero attached hydrogens (tertiary/aromatic N) is 6. The van der Waals surface area contributed by atoms with Crippen molar-refractivity contribution in [3.05, 3.63) is 77.2 Å². The van der Waals surface area contributed by atoms with Gasteiger partial charge in [0, 0.05) is 68.2 Å². The number of nitrogens with one attached hydrogen (secondary N) is 3. The van der Waals surface area contributed by atoms with Gasteiger partial charge in [-0.1, -0.05) is 6.07 Å². The van der Waals surface area contributed by atoms with Gasteiger partial charge >= 0.3 is 0 Å². The summed E-state index contributed by atoms with van der Waals surface area (Å²) in [7, 11) is 2.15. The summed E-state index contributed by atoms with van der Waals surface area (Å²) in [6.07, 6.45) is 10.1. The lowest BCUT2D eigenvalue weighted by atomic mass is 9.78. The number of rotatable bonds is 7. The minimum Gasteiger partial charge on any atom is -0.371 e. The molecule has 9 rings (SSSR count). The number of carbonyl (C=O) groups excluding carboxylic acids is 5. The van der Waals surface area contributed by atoms with Crippen molar-refractivity contribution in [2.45, 2.75) is 63.5 Å². The quantitative estimate of drug-likeness (QED) is 0.230. The molecule has 55 heavy (non-hydrogen) atoms. The Morgan fingerprint density at radius 1 is 0.800 bits per heavy atom. The number of fused-ring (bicyclic) bond motifs is 2. The molecule has 14 heteroatoms. The largest absolute Gasteiger partial charge is 0.371 e. The summed E-state index contributed by atoms with van der Waals surface area (Å²) in [5, 5.41) is 6.23. The van der Waals surface area contributed by atoms with Gasteiger partial charge in [-0.15, -0.1) is 0 Å². The van der Waals surface area contributed by atoms with E-state index in [0.29, 0.717) is 40.4 Å². The highest BCUT2D eigenvalue weighted by Gasteiger charge is 2.46. The molecule has 8 heterocycles. The highest BCUT2D eigenvalue weighted by molar-refractivity contribution is 6.25. The van der Waals surface area contributed by atoms with Crippen molar-refractivity contribution in [1.29, 1.82) is 0 Å². The van der Waals surface area contributed by atoms with Gasteiger partial charge in [0.05, 0.1) is 27.9 Å². The van der Waals surface area contributed by atoms with E-state index in [1.54, 1.807) is 24.5 Å². The number of hydrogen-bond acceptors (Lipinski definition) is 10. The average molecular weight is 744 g/mol. The number of likely N-dealkylation sites (tertiary alicyclic amines) is 1. The number of benzene rings is 1. The lowest BCUT2D eigenvalue weighted by Crippen LogP contribution is -2.54. The van der Waals surface area contributed by atoms with Gasteiger partial charge < -0.3 is 20.1 Å². The Morgan fingerprint density at radius 3 is 2.25 bits per heavy atom. The van der Waals surface area contributed by atoms with Crippen LogP contribution in [0.2, 0.25) is 0 Å².